The fourth-order valence-corrected chi connectivity index (χ4v) is 2.42. The SMILES string of the molecule is Cc1cc(C)[n+]2c(C)csc2n1. The largest absolute Gasteiger partial charge is 0.387 e. The van der Waals surface area contributed by atoms with Gasteiger partial charge >= 0.3 is 4.96 Å². The molecule has 0 unspecified atom stereocenters. The molecule has 0 saturated heterocycles. The fourth-order valence-electron chi connectivity index (χ4n) is 1.45. The summed E-state index contributed by atoms with van der Waals surface area (Å²) in [4.78, 5) is 5.53. The topological polar surface area (TPSA) is 17.0 Å². The van der Waals surface area contributed by atoms with Crippen LogP contribution < -0.4 is 4.40 Å². The molecule has 0 aliphatic carbocycles. The zero-order valence-electron chi connectivity index (χ0n) is 7.46. The molecule has 0 fully saturated rings. The molecule has 0 N–H and O–H groups in total. The molecule has 0 radical (unpaired) electrons. The highest BCUT2D eigenvalue weighted by atomic mass is 32.1. The number of nitrogens with zero attached hydrogens (tertiary/aromatic N) is 2. The highest BCUT2D eigenvalue weighted by Crippen LogP contribution is 2.08. The van der Waals surface area contributed by atoms with Crippen molar-refractivity contribution in [2.24, 2.45) is 0 Å². The number of aryl methyl sites for hydroxylation is 3. The summed E-state index contributed by atoms with van der Waals surface area (Å²) < 4.78 is 2.18. The first kappa shape index (κ1) is 7.68. The van der Waals surface area contributed by atoms with Crippen LogP contribution in [0.1, 0.15) is 17.1 Å². The van der Waals surface area contributed by atoms with E-state index in [4.69, 9.17) is 0 Å². The average Bonchev–Trinajstić information content (AvgIpc) is 2.31. The molecule has 0 aliphatic heterocycles. The number of thiazole rings is 1. The third-order valence-corrected chi connectivity index (χ3v) is 2.87. The molecule has 0 aliphatic rings. The van der Waals surface area contributed by atoms with Crippen LogP contribution in [0.5, 0.6) is 0 Å². The van der Waals surface area contributed by atoms with E-state index in [-0.39, 0.29) is 0 Å². The van der Waals surface area contributed by atoms with Crippen molar-refractivity contribution in [1.82, 2.24) is 4.98 Å². The molecule has 0 amide bonds. The third kappa shape index (κ3) is 1.01. The van der Waals surface area contributed by atoms with Gasteiger partial charge in [0.15, 0.2) is 5.69 Å². The minimum absolute atomic E-state index is 1.09. The van der Waals surface area contributed by atoms with Crippen LogP contribution in [-0.4, -0.2) is 4.98 Å². The van der Waals surface area contributed by atoms with Crippen LogP contribution >= 0.6 is 11.3 Å². The Balaban J connectivity index is 2.93. The summed E-state index contributed by atoms with van der Waals surface area (Å²) in [6.45, 7) is 6.25. The van der Waals surface area contributed by atoms with Gasteiger partial charge in [-0.15, -0.1) is 0 Å². The van der Waals surface area contributed by atoms with E-state index in [1.807, 2.05) is 6.92 Å². The van der Waals surface area contributed by atoms with E-state index in [1.165, 1.54) is 11.4 Å². The molecule has 0 saturated carbocycles. The molecule has 2 nitrogen and oxygen atoms in total. The van der Waals surface area contributed by atoms with Gasteiger partial charge in [-0.25, -0.2) is 0 Å². The van der Waals surface area contributed by atoms with Gasteiger partial charge in [-0.1, -0.05) is 11.3 Å². The zero-order valence-corrected chi connectivity index (χ0v) is 8.27. The van der Waals surface area contributed by atoms with Crippen molar-refractivity contribution in [1.29, 1.82) is 0 Å². The van der Waals surface area contributed by atoms with Crippen molar-refractivity contribution >= 4 is 16.3 Å². The van der Waals surface area contributed by atoms with Crippen LogP contribution in [0.15, 0.2) is 11.4 Å². The summed E-state index contributed by atoms with van der Waals surface area (Å²) in [7, 11) is 0. The van der Waals surface area contributed by atoms with E-state index in [1.54, 1.807) is 11.3 Å². The molecule has 62 valence electrons. The van der Waals surface area contributed by atoms with E-state index in [9.17, 15) is 0 Å². The van der Waals surface area contributed by atoms with Crippen molar-refractivity contribution < 1.29 is 4.40 Å². The molecule has 2 aromatic rings. The first-order valence-electron chi connectivity index (χ1n) is 3.92. The van der Waals surface area contributed by atoms with Crippen LogP contribution in [-0.2, 0) is 0 Å². The number of hydrogen-bond donors (Lipinski definition) is 0. The maximum Gasteiger partial charge on any atom is 0.387 e. The molecule has 2 heterocycles. The van der Waals surface area contributed by atoms with E-state index in [0.717, 1.165) is 10.7 Å². The summed E-state index contributed by atoms with van der Waals surface area (Å²) in [5, 5.41) is 2.13. The summed E-state index contributed by atoms with van der Waals surface area (Å²) in [5.41, 5.74) is 3.62. The van der Waals surface area contributed by atoms with Gasteiger partial charge in [0.1, 0.15) is 11.4 Å². The van der Waals surface area contributed by atoms with E-state index in [0.29, 0.717) is 0 Å². The van der Waals surface area contributed by atoms with Gasteiger partial charge in [0.05, 0.1) is 0 Å². The van der Waals surface area contributed by atoms with Gasteiger partial charge in [-0.2, -0.15) is 4.40 Å². The Hall–Kier alpha value is -0.960. The zero-order chi connectivity index (χ0) is 8.72. The van der Waals surface area contributed by atoms with Gasteiger partial charge in [-0.05, 0) is 18.8 Å². The molecule has 3 heteroatoms. The quantitative estimate of drug-likeness (QED) is 0.564. The van der Waals surface area contributed by atoms with E-state index >= 15 is 0 Å². The lowest BCUT2D eigenvalue weighted by Crippen LogP contribution is -2.27. The maximum atomic E-state index is 4.44. The molecular weight excluding hydrogens is 168 g/mol. The summed E-state index contributed by atoms with van der Waals surface area (Å²) in [6.07, 6.45) is 0. The van der Waals surface area contributed by atoms with E-state index < -0.39 is 0 Å². The Bertz CT molecular complexity index is 431. The van der Waals surface area contributed by atoms with Crippen LogP contribution in [0.3, 0.4) is 0 Å². The second-order valence-electron chi connectivity index (χ2n) is 3.03. The first-order chi connectivity index (χ1) is 5.68. The number of rotatable bonds is 0. The molecule has 0 aromatic carbocycles. The second-order valence-corrected chi connectivity index (χ2v) is 3.87. The molecule has 0 atom stereocenters. The minimum Gasteiger partial charge on any atom is -0.188 e. The van der Waals surface area contributed by atoms with E-state index in [2.05, 4.69) is 34.7 Å². The highest BCUT2D eigenvalue weighted by Gasteiger charge is 2.12. The molecule has 0 bridgehead atoms. The van der Waals surface area contributed by atoms with Crippen molar-refractivity contribution in [2.45, 2.75) is 20.8 Å². The molecule has 2 aromatic heterocycles. The predicted molar refractivity (Wildman–Crippen MR) is 49.5 cm³/mol. The molecule has 2 rings (SSSR count). The maximum absolute atomic E-state index is 4.44. The molecule has 12 heavy (non-hydrogen) atoms. The normalized spacial score (nSPS) is 10.9. The van der Waals surface area contributed by atoms with Crippen molar-refractivity contribution in [3.63, 3.8) is 0 Å². The lowest BCUT2D eigenvalue weighted by Gasteiger charge is -1.92. The minimum atomic E-state index is 1.09. The van der Waals surface area contributed by atoms with Crippen LogP contribution in [0, 0.1) is 20.8 Å². The molecule has 0 spiro atoms. The summed E-state index contributed by atoms with van der Waals surface area (Å²) in [6, 6.07) is 2.10. The van der Waals surface area contributed by atoms with Crippen LogP contribution in [0.2, 0.25) is 0 Å². The van der Waals surface area contributed by atoms with Crippen molar-refractivity contribution in [3.8, 4) is 0 Å². The Morgan fingerprint density at radius 3 is 2.75 bits per heavy atom. The van der Waals surface area contributed by atoms with Gasteiger partial charge in [0, 0.05) is 18.4 Å². The third-order valence-electron chi connectivity index (χ3n) is 1.92. The van der Waals surface area contributed by atoms with Crippen molar-refractivity contribution in [2.75, 3.05) is 0 Å². The molecular formula is C9H11N2S+. The average molecular weight is 179 g/mol. The summed E-state index contributed by atoms with van der Waals surface area (Å²) >= 11 is 1.69. The lowest BCUT2D eigenvalue weighted by molar-refractivity contribution is -0.525. The second kappa shape index (κ2) is 2.52. The monoisotopic (exact) mass is 179 g/mol. The standard InChI is InChI=1S/C9H11N2S/c1-6-4-7(2)11-8(3)5-12-9(11)10-6/h4-5H,1-3H3/q+1. The predicted octanol–water partition coefficient (Wildman–Crippen LogP) is 1.81. The Kier molecular flexibility index (Phi) is 1.61. The lowest BCUT2D eigenvalue weighted by atomic mass is 10.3. The number of fused-ring (bicyclic) bond motifs is 1. The Morgan fingerprint density at radius 2 is 2.00 bits per heavy atom. The Morgan fingerprint density at radius 1 is 1.25 bits per heavy atom. The highest BCUT2D eigenvalue weighted by molar-refractivity contribution is 7.14. The van der Waals surface area contributed by atoms with Gasteiger partial charge in [0.25, 0.3) is 0 Å². The first-order valence-corrected chi connectivity index (χ1v) is 4.80. The van der Waals surface area contributed by atoms with Gasteiger partial charge < -0.3 is 0 Å². The summed E-state index contributed by atoms with van der Waals surface area (Å²) in [5.74, 6) is 0. The van der Waals surface area contributed by atoms with Gasteiger partial charge in [0.2, 0.25) is 0 Å². The fraction of sp³-hybridized carbons (Fsp3) is 0.333. The van der Waals surface area contributed by atoms with Gasteiger partial charge in [-0.3, -0.25) is 0 Å². The van der Waals surface area contributed by atoms with Crippen LogP contribution in [0.25, 0.3) is 4.96 Å². The van der Waals surface area contributed by atoms with Crippen LogP contribution in [0.4, 0.5) is 0 Å². The Labute approximate surface area is 75.5 Å². The number of aromatic nitrogens is 2. The smallest absolute Gasteiger partial charge is 0.188 e. The van der Waals surface area contributed by atoms with Crippen molar-refractivity contribution in [3.05, 3.63) is 28.5 Å². The number of hydrogen-bond acceptors (Lipinski definition) is 2.